The lowest BCUT2D eigenvalue weighted by molar-refractivity contribution is -0.136. The highest BCUT2D eigenvalue weighted by Crippen LogP contribution is 2.21. The Kier molecular flexibility index (Phi) is 6.30. The number of rotatable bonds is 5. The fraction of sp³-hybridized carbons (Fsp3) is 0.769. The number of unbranched alkanes of at least 4 members (excludes halogenated alkanes) is 2. The van der Waals surface area contributed by atoms with Crippen LogP contribution in [0.3, 0.4) is 0 Å². The van der Waals surface area contributed by atoms with Crippen LogP contribution in [0.2, 0.25) is 0 Å². The molecule has 15 heavy (non-hydrogen) atoms. The van der Waals surface area contributed by atoms with Gasteiger partial charge < -0.3 is 4.74 Å². The smallest absolute Gasteiger partial charge is 0.333 e. The SMILES string of the molecule is CCCCCC(=CC(C)(C)C)C(=O)OC. The van der Waals surface area contributed by atoms with Crippen molar-refractivity contribution in [1.29, 1.82) is 0 Å². The van der Waals surface area contributed by atoms with Gasteiger partial charge in [0, 0.05) is 5.57 Å². The van der Waals surface area contributed by atoms with E-state index < -0.39 is 0 Å². The number of ether oxygens (including phenoxy) is 1. The maximum atomic E-state index is 11.5. The van der Waals surface area contributed by atoms with Gasteiger partial charge in [0.25, 0.3) is 0 Å². The molecular weight excluding hydrogens is 188 g/mol. The Balaban J connectivity index is 4.45. The molecule has 0 radical (unpaired) electrons. The van der Waals surface area contributed by atoms with Crippen LogP contribution in [0, 0.1) is 5.41 Å². The van der Waals surface area contributed by atoms with E-state index in [1.807, 2.05) is 6.08 Å². The molecular formula is C13H24O2. The Morgan fingerprint density at radius 1 is 1.27 bits per heavy atom. The Hall–Kier alpha value is -0.790. The van der Waals surface area contributed by atoms with Crippen molar-refractivity contribution in [3.05, 3.63) is 11.6 Å². The molecule has 0 atom stereocenters. The van der Waals surface area contributed by atoms with Gasteiger partial charge in [0.1, 0.15) is 0 Å². The van der Waals surface area contributed by atoms with E-state index >= 15 is 0 Å². The predicted molar refractivity (Wildman–Crippen MR) is 63.7 cm³/mol. The zero-order chi connectivity index (χ0) is 11.9. The minimum atomic E-state index is -0.180. The molecule has 0 aliphatic rings. The van der Waals surface area contributed by atoms with Gasteiger partial charge in [-0.15, -0.1) is 0 Å². The van der Waals surface area contributed by atoms with Crippen molar-refractivity contribution in [3.63, 3.8) is 0 Å². The highest BCUT2D eigenvalue weighted by Gasteiger charge is 2.14. The van der Waals surface area contributed by atoms with Crippen LogP contribution >= 0.6 is 0 Å². The number of methoxy groups -OCH3 is 1. The van der Waals surface area contributed by atoms with Crippen LogP contribution in [-0.4, -0.2) is 13.1 Å². The summed E-state index contributed by atoms with van der Waals surface area (Å²) in [7, 11) is 1.44. The minimum absolute atomic E-state index is 0.0374. The standard InChI is InChI=1S/C13H24O2/c1-6-7-8-9-11(12(14)15-5)10-13(2,3)4/h10H,6-9H2,1-5H3. The lowest BCUT2D eigenvalue weighted by Gasteiger charge is -2.15. The van der Waals surface area contributed by atoms with Gasteiger partial charge in [-0.3, -0.25) is 0 Å². The number of hydrogen-bond donors (Lipinski definition) is 0. The third kappa shape index (κ3) is 7.18. The molecule has 0 N–H and O–H groups in total. The van der Waals surface area contributed by atoms with E-state index in [1.165, 1.54) is 20.0 Å². The Bertz CT molecular complexity index is 221. The highest BCUT2D eigenvalue weighted by atomic mass is 16.5. The van der Waals surface area contributed by atoms with Gasteiger partial charge in [-0.1, -0.05) is 46.6 Å². The van der Waals surface area contributed by atoms with Gasteiger partial charge in [0.15, 0.2) is 0 Å². The molecule has 0 aromatic carbocycles. The molecule has 0 aromatic rings. The average Bonchev–Trinajstić information content (AvgIpc) is 2.13. The lowest BCUT2D eigenvalue weighted by atomic mass is 9.92. The second-order valence-electron chi connectivity index (χ2n) is 4.98. The van der Waals surface area contributed by atoms with Crippen molar-refractivity contribution < 1.29 is 9.53 Å². The van der Waals surface area contributed by atoms with Crippen LogP contribution < -0.4 is 0 Å². The first-order valence-corrected chi connectivity index (χ1v) is 5.70. The van der Waals surface area contributed by atoms with Crippen molar-refractivity contribution in [2.45, 2.75) is 53.4 Å². The molecule has 0 aliphatic heterocycles. The van der Waals surface area contributed by atoms with Crippen molar-refractivity contribution in [2.75, 3.05) is 7.11 Å². The molecule has 0 fully saturated rings. The Morgan fingerprint density at radius 3 is 2.27 bits per heavy atom. The summed E-state index contributed by atoms with van der Waals surface area (Å²) in [4.78, 5) is 11.5. The summed E-state index contributed by atoms with van der Waals surface area (Å²) in [5.41, 5.74) is 0.855. The third-order valence-corrected chi connectivity index (χ3v) is 2.10. The predicted octanol–water partition coefficient (Wildman–Crippen LogP) is 3.71. The molecule has 0 spiro atoms. The summed E-state index contributed by atoms with van der Waals surface area (Å²) >= 11 is 0. The van der Waals surface area contributed by atoms with Crippen LogP contribution in [0.25, 0.3) is 0 Å². The van der Waals surface area contributed by atoms with Crippen LogP contribution in [-0.2, 0) is 9.53 Å². The Morgan fingerprint density at radius 2 is 1.87 bits per heavy atom. The maximum absolute atomic E-state index is 11.5. The molecule has 0 aromatic heterocycles. The summed E-state index contributed by atoms with van der Waals surface area (Å²) in [5, 5.41) is 0. The molecule has 2 nitrogen and oxygen atoms in total. The summed E-state index contributed by atoms with van der Waals surface area (Å²) in [6.45, 7) is 8.44. The van der Waals surface area contributed by atoms with Gasteiger partial charge in [0.05, 0.1) is 7.11 Å². The zero-order valence-corrected chi connectivity index (χ0v) is 10.7. The minimum Gasteiger partial charge on any atom is -0.466 e. The van der Waals surface area contributed by atoms with Gasteiger partial charge in [-0.25, -0.2) is 4.79 Å². The topological polar surface area (TPSA) is 26.3 Å². The molecule has 0 aliphatic carbocycles. The number of esters is 1. The van der Waals surface area contributed by atoms with Crippen LogP contribution in [0.5, 0.6) is 0 Å². The fourth-order valence-electron chi connectivity index (χ4n) is 1.45. The van der Waals surface area contributed by atoms with Crippen LogP contribution in [0.1, 0.15) is 53.4 Å². The van der Waals surface area contributed by atoms with Crippen molar-refractivity contribution in [1.82, 2.24) is 0 Å². The monoisotopic (exact) mass is 212 g/mol. The molecule has 2 heteroatoms. The number of carbonyl (C=O) groups is 1. The first-order chi connectivity index (χ1) is 6.90. The average molecular weight is 212 g/mol. The van der Waals surface area contributed by atoms with E-state index in [4.69, 9.17) is 4.74 Å². The summed E-state index contributed by atoms with van der Waals surface area (Å²) in [6.07, 6.45) is 6.25. The third-order valence-electron chi connectivity index (χ3n) is 2.10. The van der Waals surface area contributed by atoms with Crippen LogP contribution in [0.4, 0.5) is 0 Å². The van der Waals surface area contributed by atoms with Gasteiger partial charge in [-0.2, -0.15) is 0 Å². The van der Waals surface area contributed by atoms with E-state index in [1.54, 1.807) is 0 Å². The first kappa shape index (κ1) is 14.2. The van der Waals surface area contributed by atoms with Crippen LogP contribution in [0.15, 0.2) is 11.6 Å². The Labute approximate surface area is 93.7 Å². The number of allylic oxidation sites excluding steroid dienone is 1. The van der Waals surface area contributed by atoms with Crippen molar-refractivity contribution in [2.24, 2.45) is 5.41 Å². The molecule has 0 saturated heterocycles. The van der Waals surface area contributed by atoms with Gasteiger partial charge >= 0.3 is 5.97 Å². The summed E-state index contributed by atoms with van der Waals surface area (Å²) < 4.78 is 4.78. The quantitative estimate of drug-likeness (QED) is 0.394. The molecule has 0 saturated carbocycles. The first-order valence-electron chi connectivity index (χ1n) is 5.70. The van der Waals surface area contributed by atoms with Crippen molar-refractivity contribution in [3.8, 4) is 0 Å². The zero-order valence-electron chi connectivity index (χ0n) is 10.7. The van der Waals surface area contributed by atoms with E-state index in [2.05, 4.69) is 27.7 Å². The van der Waals surface area contributed by atoms with E-state index in [0.717, 1.165) is 18.4 Å². The molecule has 0 unspecified atom stereocenters. The molecule has 0 amide bonds. The normalized spacial score (nSPS) is 12.7. The van der Waals surface area contributed by atoms with Crippen molar-refractivity contribution >= 4 is 5.97 Å². The van der Waals surface area contributed by atoms with E-state index in [-0.39, 0.29) is 11.4 Å². The maximum Gasteiger partial charge on any atom is 0.333 e. The summed E-state index contributed by atoms with van der Waals surface area (Å²) in [5.74, 6) is -0.180. The molecule has 0 heterocycles. The van der Waals surface area contributed by atoms with Gasteiger partial charge in [-0.05, 0) is 18.3 Å². The van der Waals surface area contributed by atoms with E-state index in [9.17, 15) is 4.79 Å². The molecule has 0 bridgehead atoms. The highest BCUT2D eigenvalue weighted by molar-refractivity contribution is 5.88. The second kappa shape index (κ2) is 6.65. The van der Waals surface area contributed by atoms with E-state index in [0.29, 0.717) is 0 Å². The molecule has 88 valence electrons. The largest absolute Gasteiger partial charge is 0.466 e. The number of hydrogen-bond acceptors (Lipinski definition) is 2. The summed E-state index contributed by atoms with van der Waals surface area (Å²) in [6, 6.07) is 0. The second-order valence-corrected chi connectivity index (χ2v) is 4.98. The fourth-order valence-corrected chi connectivity index (χ4v) is 1.45. The number of carbonyl (C=O) groups excluding carboxylic acids is 1. The van der Waals surface area contributed by atoms with Gasteiger partial charge in [0.2, 0.25) is 0 Å². The lowest BCUT2D eigenvalue weighted by Crippen LogP contribution is -2.10. The molecule has 0 rings (SSSR count).